The molecule has 0 bridgehead atoms. The Morgan fingerprint density at radius 3 is 2.19 bits per heavy atom. The molecule has 0 saturated heterocycles. The fourth-order valence-electron chi connectivity index (χ4n) is 3.39. The lowest BCUT2D eigenvalue weighted by Gasteiger charge is -2.22. The van der Waals surface area contributed by atoms with Gasteiger partial charge in [0.1, 0.15) is 11.5 Å². The summed E-state index contributed by atoms with van der Waals surface area (Å²) in [6, 6.07) is 14.7. The molecule has 5 heteroatoms. The number of hydrogen-bond donors (Lipinski definition) is 1. The predicted molar refractivity (Wildman–Crippen MR) is 104 cm³/mol. The molecule has 2 aromatic carbocycles. The second kappa shape index (κ2) is 9.21. The van der Waals surface area contributed by atoms with Crippen LogP contribution in [0.15, 0.2) is 48.5 Å². The molecule has 142 valence electrons. The number of rotatable bonds is 6. The van der Waals surface area contributed by atoms with Gasteiger partial charge in [-0.2, -0.15) is 0 Å². The second-order valence-electron chi connectivity index (χ2n) is 6.86. The van der Waals surface area contributed by atoms with Crippen molar-refractivity contribution in [2.75, 3.05) is 11.9 Å². The quantitative estimate of drug-likeness (QED) is 0.595. The van der Waals surface area contributed by atoms with Crippen molar-refractivity contribution in [2.45, 2.75) is 44.9 Å². The molecule has 5 nitrogen and oxygen atoms in total. The standard InChI is InChI=1S/C22H25NO4/c1-16(24)27-21-13-9-19(10-14-21)23-22(25)15-26-20-11-7-18(8-12-20)17-5-3-2-4-6-17/h7-14,17H,2-6,15H2,1H3,(H,23,25). The number of amides is 1. The highest BCUT2D eigenvalue weighted by Crippen LogP contribution is 2.33. The van der Waals surface area contributed by atoms with Gasteiger partial charge in [0.25, 0.3) is 5.91 Å². The summed E-state index contributed by atoms with van der Waals surface area (Å²) in [5, 5.41) is 2.75. The van der Waals surface area contributed by atoms with Crippen LogP contribution in [-0.4, -0.2) is 18.5 Å². The van der Waals surface area contributed by atoms with Crippen LogP contribution in [0.3, 0.4) is 0 Å². The Labute approximate surface area is 159 Å². The third-order valence-electron chi connectivity index (χ3n) is 4.73. The first-order chi connectivity index (χ1) is 13.1. The van der Waals surface area contributed by atoms with Gasteiger partial charge < -0.3 is 14.8 Å². The lowest BCUT2D eigenvalue weighted by Crippen LogP contribution is -2.20. The zero-order valence-corrected chi connectivity index (χ0v) is 15.6. The van der Waals surface area contributed by atoms with Crippen LogP contribution in [0.25, 0.3) is 0 Å². The summed E-state index contributed by atoms with van der Waals surface area (Å²) in [4.78, 5) is 22.9. The fourth-order valence-corrected chi connectivity index (χ4v) is 3.39. The van der Waals surface area contributed by atoms with Crippen LogP contribution in [0, 0.1) is 0 Å². The molecule has 0 spiro atoms. The topological polar surface area (TPSA) is 64.6 Å². The van der Waals surface area contributed by atoms with Gasteiger partial charge in [-0.05, 0) is 60.7 Å². The Bertz CT molecular complexity index is 762. The molecular weight excluding hydrogens is 342 g/mol. The van der Waals surface area contributed by atoms with E-state index in [4.69, 9.17) is 9.47 Å². The van der Waals surface area contributed by atoms with Crippen LogP contribution < -0.4 is 14.8 Å². The molecule has 1 aliphatic carbocycles. The van der Waals surface area contributed by atoms with Crippen LogP contribution in [0.5, 0.6) is 11.5 Å². The fraction of sp³-hybridized carbons (Fsp3) is 0.364. The van der Waals surface area contributed by atoms with Gasteiger partial charge in [-0.25, -0.2) is 0 Å². The molecule has 0 atom stereocenters. The highest BCUT2D eigenvalue weighted by atomic mass is 16.5. The van der Waals surface area contributed by atoms with Crippen molar-refractivity contribution < 1.29 is 19.1 Å². The molecule has 0 aliphatic heterocycles. The number of carbonyl (C=O) groups excluding carboxylic acids is 2. The van der Waals surface area contributed by atoms with Gasteiger partial charge in [0, 0.05) is 12.6 Å². The van der Waals surface area contributed by atoms with Crippen LogP contribution in [0.2, 0.25) is 0 Å². The Kier molecular flexibility index (Phi) is 6.47. The molecule has 27 heavy (non-hydrogen) atoms. The maximum absolute atomic E-state index is 12.0. The van der Waals surface area contributed by atoms with Gasteiger partial charge in [-0.1, -0.05) is 31.4 Å². The third kappa shape index (κ3) is 5.84. The van der Waals surface area contributed by atoms with Crippen LogP contribution in [-0.2, 0) is 9.59 Å². The van der Waals surface area contributed by atoms with Crippen molar-refractivity contribution in [3.8, 4) is 11.5 Å². The molecule has 1 aliphatic rings. The normalized spacial score (nSPS) is 14.4. The van der Waals surface area contributed by atoms with Crippen molar-refractivity contribution in [1.82, 2.24) is 0 Å². The summed E-state index contributed by atoms with van der Waals surface area (Å²) in [5.41, 5.74) is 1.98. The molecule has 1 fully saturated rings. The SMILES string of the molecule is CC(=O)Oc1ccc(NC(=O)COc2ccc(C3CCCCC3)cc2)cc1. The summed E-state index contributed by atoms with van der Waals surface area (Å²) < 4.78 is 10.5. The molecule has 0 aromatic heterocycles. The number of ether oxygens (including phenoxy) is 2. The smallest absolute Gasteiger partial charge is 0.308 e. The van der Waals surface area contributed by atoms with E-state index >= 15 is 0 Å². The van der Waals surface area contributed by atoms with Gasteiger partial charge in [0.15, 0.2) is 6.61 Å². The van der Waals surface area contributed by atoms with E-state index in [-0.39, 0.29) is 18.5 Å². The Morgan fingerprint density at radius 2 is 1.56 bits per heavy atom. The monoisotopic (exact) mass is 367 g/mol. The van der Waals surface area contributed by atoms with E-state index in [1.165, 1.54) is 44.6 Å². The number of benzene rings is 2. The number of anilines is 1. The first kappa shape index (κ1) is 19.0. The maximum atomic E-state index is 12.0. The number of carbonyl (C=O) groups is 2. The van der Waals surface area contributed by atoms with Gasteiger partial charge >= 0.3 is 5.97 Å². The van der Waals surface area contributed by atoms with Crippen LogP contribution in [0.4, 0.5) is 5.69 Å². The molecule has 0 radical (unpaired) electrons. The summed E-state index contributed by atoms with van der Waals surface area (Å²) in [7, 11) is 0. The molecule has 1 saturated carbocycles. The largest absolute Gasteiger partial charge is 0.484 e. The lowest BCUT2D eigenvalue weighted by molar-refractivity contribution is -0.131. The Morgan fingerprint density at radius 1 is 0.926 bits per heavy atom. The lowest BCUT2D eigenvalue weighted by atomic mass is 9.84. The zero-order chi connectivity index (χ0) is 19.1. The summed E-state index contributed by atoms with van der Waals surface area (Å²) >= 11 is 0. The van der Waals surface area contributed by atoms with Crippen LogP contribution in [0.1, 0.15) is 50.5 Å². The van der Waals surface area contributed by atoms with Crippen molar-refractivity contribution in [2.24, 2.45) is 0 Å². The van der Waals surface area contributed by atoms with Crippen molar-refractivity contribution in [1.29, 1.82) is 0 Å². The van der Waals surface area contributed by atoms with E-state index in [0.717, 1.165) is 0 Å². The Hall–Kier alpha value is -2.82. The van der Waals surface area contributed by atoms with E-state index in [2.05, 4.69) is 17.4 Å². The number of hydrogen-bond acceptors (Lipinski definition) is 4. The van der Waals surface area contributed by atoms with Crippen LogP contribution >= 0.6 is 0 Å². The van der Waals surface area contributed by atoms with Crippen molar-refractivity contribution in [3.05, 3.63) is 54.1 Å². The average Bonchev–Trinajstić information content (AvgIpc) is 2.69. The van der Waals surface area contributed by atoms with E-state index in [9.17, 15) is 9.59 Å². The third-order valence-corrected chi connectivity index (χ3v) is 4.73. The van der Waals surface area contributed by atoms with Gasteiger partial charge in [-0.3, -0.25) is 9.59 Å². The van der Waals surface area contributed by atoms with E-state index in [0.29, 0.717) is 23.1 Å². The van der Waals surface area contributed by atoms with E-state index < -0.39 is 0 Å². The zero-order valence-electron chi connectivity index (χ0n) is 15.6. The molecule has 3 rings (SSSR count). The highest BCUT2D eigenvalue weighted by molar-refractivity contribution is 5.91. The summed E-state index contributed by atoms with van der Waals surface area (Å²) in [6.07, 6.45) is 6.49. The van der Waals surface area contributed by atoms with Gasteiger partial charge in [-0.15, -0.1) is 0 Å². The maximum Gasteiger partial charge on any atom is 0.308 e. The van der Waals surface area contributed by atoms with E-state index in [1.807, 2.05) is 12.1 Å². The molecule has 1 amide bonds. The van der Waals surface area contributed by atoms with Crippen molar-refractivity contribution >= 4 is 17.6 Å². The molecule has 0 unspecified atom stereocenters. The molecule has 0 heterocycles. The molecule has 2 aromatic rings. The van der Waals surface area contributed by atoms with Gasteiger partial charge in [0.05, 0.1) is 0 Å². The summed E-state index contributed by atoms with van der Waals surface area (Å²) in [5.74, 6) is 1.16. The minimum atomic E-state index is -0.380. The minimum Gasteiger partial charge on any atom is -0.484 e. The number of esters is 1. The second-order valence-corrected chi connectivity index (χ2v) is 6.86. The Balaban J connectivity index is 1.46. The predicted octanol–water partition coefficient (Wildman–Crippen LogP) is 4.68. The molecular formula is C22H25NO4. The first-order valence-corrected chi connectivity index (χ1v) is 9.41. The van der Waals surface area contributed by atoms with Gasteiger partial charge in [0.2, 0.25) is 0 Å². The number of nitrogens with one attached hydrogen (secondary N) is 1. The minimum absolute atomic E-state index is 0.0610. The highest BCUT2D eigenvalue weighted by Gasteiger charge is 2.15. The summed E-state index contributed by atoms with van der Waals surface area (Å²) in [6.45, 7) is 1.28. The average molecular weight is 367 g/mol. The van der Waals surface area contributed by atoms with Crippen molar-refractivity contribution in [3.63, 3.8) is 0 Å². The molecule has 1 N–H and O–H groups in total. The first-order valence-electron chi connectivity index (χ1n) is 9.41. The van der Waals surface area contributed by atoms with E-state index in [1.54, 1.807) is 24.3 Å².